The van der Waals surface area contributed by atoms with E-state index in [0.717, 1.165) is 25.5 Å². The number of sulfonamides is 1. The van der Waals surface area contributed by atoms with E-state index in [1.165, 1.54) is 12.1 Å². The van der Waals surface area contributed by atoms with Crippen LogP contribution in [-0.4, -0.2) is 30.5 Å². The molecule has 2 N–H and O–H groups in total. The Labute approximate surface area is 111 Å². The molecule has 1 aromatic rings. The highest BCUT2D eigenvalue weighted by atomic mass is 32.2. The number of aromatic nitrogens is 1. The summed E-state index contributed by atoms with van der Waals surface area (Å²) in [4.78, 5) is 14.4. The van der Waals surface area contributed by atoms with Gasteiger partial charge in [-0.15, -0.1) is 0 Å². The number of pyridine rings is 1. The molecular formula is C12H16N2O4S. The summed E-state index contributed by atoms with van der Waals surface area (Å²) in [5, 5.41) is 8.58. The van der Waals surface area contributed by atoms with Gasteiger partial charge in [0.15, 0.2) is 5.03 Å². The Morgan fingerprint density at radius 2 is 2.16 bits per heavy atom. The molecule has 1 aliphatic carbocycles. The lowest BCUT2D eigenvalue weighted by molar-refractivity contribution is 0.0696. The first-order valence-corrected chi connectivity index (χ1v) is 7.60. The molecular weight excluding hydrogens is 268 g/mol. The Hall–Kier alpha value is -1.47. The standard InChI is InChI=1S/C12H16N2O4S/c1-8(9-3-2-4-9)14-19(17,18)11-6-5-10(7-13-11)12(15)16/h5-9,14H,2-4H2,1H3,(H,15,16). The van der Waals surface area contributed by atoms with Crippen molar-refractivity contribution < 1.29 is 18.3 Å². The first-order chi connectivity index (χ1) is 8.90. The minimum Gasteiger partial charge on any atom is -0.478 e. The number of rotatable bonds is 5. The smallest absolute Gasteiger partial charge is 0.337 e. The molecule has 1 fully saturated rings. The second-order valence-electron chi connectivity index (χ2n) is 4.79. The predicted molar refractivity (Wildman–Crippen MR) is 68.3 cm³/mol. The fourth-order valence-electron chi connectivity index (χ4n) is 2.01. The molecule has 0 aliphatic heterocycles. The van der Waals surface area contributed by atoms with Gasteiger partial charge in [0.1, 0.15) is 0 Å². The van der Waals surface area contributed by atoms with Crippen LogP contribution in [0.3, 0.4) is 0 Å². The van der Waals surface area contributed by atoms with E-state index in [-0.39, 0.29) is 16.6 Å². The van der Waals surface area contributed by atoms with Gasteiger partial charge >= 0.3 is 5.97 Å². The van der Waals surface area contributed by atoms with Crippen molar-refractivity contribution in [3.8, 4) is 0 Å². The molecule has 1 aliphatic rings. The maximum absolute atomic E-state index is 12.0. The van der Waals surface area contributed by atoms with Gasteiger partial charge in [-0.2, -0.15) is 0 Å². The van der Waals surface area contributed by atoms with Crippen molar-refractivity contribution in [2.45, 2.75) is 37.3 Å². The number of carboxylic acids is 1. The molecule has 0 radical (unpaired) electrons. The van der Waals surface area contributed by atoms with Gasteiger partial charge in [-0.1, -0.05) is 6.42 Å². The second kappa shape index (κ2) is 5.26. The Morgan fingerprint density at radius 3 is 2.58 bits per heavy atom. The number of nitrogens with one attached hydrogen (secondary N) is 1. The number of hydrogen-bond donors (Lipinski definition) is 2. The molecule has 0 amide bonds. The molecule has 2 rings (SSSR count). The molecule has 0 saturated heterocycles. The highest BCUT2D eigenvalue weighted by Crippen LogP contribution is 2.29. The van der Waals surface area contributed by atoms with Gasteiger partial charge in [-0.25, -0.2) is 22.9 Å². The molecule has 19 heavy (non-hydrogen) atoms. The molecule has 7 heteroatoms. The van der Waals surface area contributed by atoms with Gasteiger partial charge in [-0.05, 0) is 37.8 Å². The molecule has 1 heterocycles. The fraction of sp³-hybridized carbons (Fsp3) is 0.500. The Bertz CT molecular complexity index is 564. The van der Waals surface area contributed by atoms with Gasteiger partial charge in [-0.3, -0.25) is 0 Å². The summed E-state index contributed by atoms with van der Waals surface area (Å²) in [7, 11) is -3.68. The van der Waals surface area contributed by atoms with E-state index in [1.54, 1.807) is 0 Å². The van der Waals surface area contributed by atoms with Crippen LogP contribution in [0.25, 0.3) is 0 Å². The van der Waals surface area contributed by atoms with E-state index in [0.29, 0.717) is 5.92 Å². The van der Waals surface area contributed by atoms with Crippen LogP contribution in [-0.2, 0) is 10.0 Å². The summed E-state index contributed by atoms with van der Waals surface area (Å²) >= 11 is 0. The zero-order valence-electron chi connectivity index (χ0n) is 10.5. The average Bonchev–Trinajstić information content (AvgIpc) is 2.25. The second-order valence-corrected chi connectivity index (χ2v) is 6.45. The maximum atomic E-state index is 12.0. The van der Waals surface area contributed by atoms with Crippen molar-refractivity contribution in [3.63, 3.8) is 0 Å². The Morgan fingerprint density at radius 1 is 1.47 bits per heavy atom. The molecule has 0 spiro atoms. The van der Waals surface area contributed by atoms with E-state index in [4.69, 9.17) is 5.11 Å². The van der Waals surface area contributed by atoms with E-state index in [1.807, 2.05) is 6.92 Å². The summed E-state index contributed by atoms with van der Waals surface area (Å²) in [6, 6.07) is 2.32. The lowest BCUT2D eigenvalue weighted by Gasteiger charge is -2.31. The van der Waals surface area contributed by atoms with Crippen LogP contribution in [0, 0.1) is 5.92 Å². The third-order valence-corrected chi connectivity index (χ3v) is 4.93. The minimum atomic E-state index is -3.68. The largest absolute Gasteiger partial charge is 0.478 e. The van der Waals surface area contributed by atoms with Crippen LogP contribution >= 0.6 is 0 Å². The zero-order valence-corrected chi connectivity index (χ0v) is 11.4. The van der Waals surface area contributed by atoms with Crippen LogP contribution in [0.15, 0.2) is 23.4 Å². The lowest BCUT2D eigenvalue weighted by atomic mass is 9.81. The van der Waals surface area contributed by atoms with Gasteiger partial charge in [0, 0.05) is 12.2 Å². The monoisotopic (exact) mass is 284 g/mol. The first-order valence-electron chi connectivity index (χ1n) is 6.12. The molecule has 1 aromatic heterocycles. The molecule has 0 aromatic carbocycles. The maximum Gasteiger partial charge on any atom is 0.337 e. The summed E-state index contributed by atoms with van der Waals surface area (Å²) in [6.45, 7) is 1.84. The van der Waals surface area contributed by atoms with Crippen molar-refractivity contribution in [2.75, 3.05) is 0 Å². The number of nitrogens with zero attached hydrogens (tertiary/aromatic N) is 1. The topological polar surface area (TPSA) is 96.4 Å². The third-order valence-electron chi connectivity index (χ3n) is 3.46. The lowest BCUT2D eigenvalue weighted by Crippen LogP contribution is -2.40. The Balaban J connectivity index is 2.12. The summed E-state index contributed by atoms with van der Waals surface area (Å²) in [5.41, 5.74) is -0.0361. The van der Waals surface area contributed by atoms with Gasteiger partial charge < -0.3 is 5.11 Å². The highest BCUT2D eigenvalue weighted by molar-refractivity contribution is 7.89. The van der Waals surface area contributed by atoms with Crippen molar-refractivity contribution in [3.05, 3.63) is 23.9 Å². The zero-order chi connectivity index (χ0) is 14.0. The molecule has 1 unspecified atom stereocenters. The van der Waals surface area contributed by atoms with Crippen LogP contribution < -0.4 is 4.72 Å². The van der Waals surface area contributed by atoms with E-state index >= 15 is 0 Å². The number of aromatic carboxylic acids is 1. The number of carbonyl (C=O) groups is 1. The number of hydrogen-bond acceptors (Lipinski definition) is 4. The van der Waals surface area contributed by atoms with Crippen LogP contribution in [0.2, 0.25) is 0 Å². The summed E-state index contributed by atoms with van der Waals surface area (Å²) < 4.78 is 26.7. The SMILES string of the molecule is CC(NS(=O)(=O)c1ccc(C(=O)O)cn1)C1CCC1. The van der Waals surface area contributed by atoms with Gasteiger partial charge in [0.05, 0.1) is 5.56 Å². The minimum absolute atomic E-state index is 0.0361. The van der Waals surface area contributed by atoms with Crippen molar-refractivity contribution >= 4 is 16.0 Å². The van der Waals surface area contributed by atoms with Crippen LogP contribution in [0.1, 0.15) is 36.5 Å². The molecule has 104 valence electrons. The van der Waals surface area contributed by atoms with Crippen molar-refractivity contribution in [1.82, 2.24) is 9.71 Å². The first kappa shape index (κ1) is 14.0. The van der Waals surface area contributed by atoms with Crippen molar-refractivity contribution in [2.24, 2.45) is 5.92 Å². The molecule has 6 nitrogen and oxygen atoms in total. The van der Waals surface area contributed by atoms with E-state index < -0.39 is 16.0 Å². The number of carboxylic acid groups (broad SMARTS) is 1. The highest BCUT2D eigenvalue weighted by Gasteiger charge is 2.28. The van der Waals surface area contributed by atoms with Gasteiger partial charge in [0.2, 0.25) is 0 Å². The average molecular weight is 284 g/mol. The summed E-state index contributed by atoms with van der Waals surface area (Å²) in [5.74, 6) is -0.750. The van der Waals surface area contributed by atoms with Crippen molar-refractivity contribution in [1.29, 1.82) is 0 Å². The Kier molecular flexibility index (Phi) is 3.86. The molecule has 0 bridgehead atoms. The normalized spacial score (nSPS) is 17.7. The fourth-order valence-corrected chi connectivity index (χ4v) is 3.25. The molecule has 1 saturated carbocycles. The van der Waals surface area contributed by atoms with Crippen LogP contribution in [0.5, 0.6) is 0 Å². The third kappa shape index (κ3) is 3.10. The van der Waals surface area contributed by atoms with Crippen LogP contribution in [0.4, 0.5) is 0 Å². The summed E-state index contributed by atoms with van der Waals surface area (Å²) in [6.07, 6.45) is 4.26. The van der Waals surface area contributed by atoms with E-state index in [2.05, 4.69) is 9.71 Å². The molecule has 1 atom stereocenters. The van der Waals surface area contributed by atoms with Gasteiger partial charge in [0.25, 0.3) is 10.0 Å². The van der Waals surface area contributed by atoms with E-state index in [9.17, 15) is 13.2 Å². The quantitative estimate of drug-likeness (QED) is 0.848. The predicted octanol–water partition coefficient (Wildman–Crippen LogP) is 1.25.